The molecule has 2 aromatic carbocycles. The largest absolute Gasteiger partial charge is 0.493 e. The molecular formula is C20H23NO4. The molecule has 0 saturated heterocycles. The van der Waals surface area contributed by atoms with E-state index in [0.29, 0.717) is 13.2 Å². The van der Waals surface area contributed by atoms with E-state index in [0.717, 1.165) is 41.5 Å². The van der Waals surface area contributed by atoms with E-state index in [1.165, 1.54) is 16.7 Å². The van der Waals surface area contributed by atoms with Crippen molar-refractivity contribution in [3.8, 4) is 23.0 Å². The summed E-state index contributed by atoms with van der Waals surface area (Å²) in [6, 6.07) is 8.45. The fourth-order valence-electron chi connectivity index (χ4n) is 3.68. The summed E-state index contributed by atoms with van der Waals surface area (Å²) < 4.78 is 22.5. The van der Waals surface area contributed by atoms with Crippen LogP contribution >= 0.6 is 0 Å². The molecule has 2 aliphatic rings. The van der Waals surface area contributed by atoms with Gasteiger partial charge < -0.3 is 24.3 Å². The van der Waals surface area contributed by atoms with Crippen molar-refractivity contribution in [2.24, 2.45) is 0 Å². The Morgan fingerprint density at radius 1 is 0.920 bits per heavy atom. The predicted octanol–water partition coefficient (Wildman–Crippen LogP) is 3.02. The van der Waals surface area contributed by atoms with E-state index in [2.05, 4.69) is 30.4 Å². The first kappa shape index (κ1) is 16.1. The minimum Gasteiger partial charge on any atom is -0.493 e. The number of nitrogens with one attached hydrogen (secondary N) is 1. The van der Waals surface area contributed by atoms with Gasteiger partial charge in [-0.2, -0.15) is 0 Å². The van der Waals surface area contributed by atoms with Crippen LogP contribution in [0, 0.1) is 6.92 Å². The molecule has 0 aliphatic carbocycles. The summed E-state index contributed by atoms with van der Waals surface area (Å²) in [4.78, 5) is 0. The summed E-state index contributed by atoms with van der Waals surface area (Å²) in [5, 5.41) is 3.64. The third kappa shape index (κ3) is 2.78. The average Bonchev–Trinajstić information content (AvgIpc) is 2.65. The second kappa shape index (κ2) is 6.48. The van der Waals surface area contributed by atoms with Crippen molar-refractivity contribution in [3.63, 3.8) is 0 Å². The van der Waals surface area contributed by atoms with Crippen LogP contribution in [0.25, 0.3) is 0 Å². The third-order valence-corrected chi connectivity index (χ3v) is 4.94. The molecular weight excluding hydrogens is 318 g/mol. The molecule has 2 aliphatic heterocycles. The van der Waals surface area contributed by atoms with Crippen LogP contribution in [-0.2, 0) is 6.42 Å². The lowest BCUT2D eigenvalue weighted by atomic mass is 9.87. The van der Waals surface area contributed by atoms with Gasteiger partial charge in [-0.15, -0.1) is 0 Å². The Kier molecular flexibility index (Phi) is 4.17. The number of methoxy groups -OCH3 is 2. The smallest absolute Gasteiger partial charge is 0.161 e. The van der Waals surface area contributed by atoms with E-state index in [9.17, 15) is 0 Å². The molecule has 0 bridgehead atoms. The van der Waals surface area contributed by atoms with Gasteiger partial charge in [-0.25, -0.2) is 0 Å². The van der Waals surface area contributed by atoms with Crippen LogP contribution in [0.1, 0.15) is 28.3 Å². The molecule has 25 heavy (non-hydrogen) atoms. The molecule has 0 saturated carbocycles. The minimum absolute atomic E-state index is 0.0967. The van der Waals surface area contributed by atoms with E-state index in [-0.39, 0.29) is 6.04 Å². The Morgan fingerprint density at radius 3 is 2.32 bits per heavy atom. The molecule has 0 radical (unpaired) electrons. The summed E-state index contributed by atoms with van der Waals surface area (Å²) in [5.41, 5.74) is 4.90. The predicted molar refractivity (Wildman–Crippen MR) is 95.3 cm³/mol. The summed E-state index contributed by atoms with van der Waals surface area (Å²) in [5.74, 6) is 3.18. The standard InChI is InChI=1S/C20H23NO4/c1-12-8-16(22-2)17(23-3)10-14(12)20-15-11-19-18(24-6-7-25-19)9-13(15)4-5-21-20/h8-11,20-21H,4-7H2,1-3H3. The topological polar surface area (TPSA) is 49.0 Å². The lowest BCUT2D eigenvalue weighted by molar-refractivity contribution is 0.171. The number of hydrogen-bond acceptors (Lipinski definition) is 5. The second-order valence-electron chi connectivity index (χ2n) is 6.40. The van der Waals surface area contributed by atoms with Crippen LogP contribution in [0.4, 0.5) is 0 Å². The molecule has 4 rings (SSSR count). The van der Waals surface area contributed by atoms with Gasteiger partial charge in [0.05, 0.1) is 20.3 Å². The Morgan fingerprint density at radius 2 is 1.60 bits per heavy atom. The van der Waals surface area contributed by atoms with Crippen LogP contribution in [-0.4, -0.2) is 34.0 Å². The summed E-state index contributed by atoms with van der Waals surface area (Å²) in [7, 11) is 3.33. The Bertz CT molecular complexity index is 803. The highest BCUT2D eigenvalue weighted by atomic mass is 16.6. The lowest BCUT2D eigenvalue weighted by Crippen LogP contribution is -2.31. The molecule has 5 heteroatoms. The highest BCUT2D eigenvalue weighted by Gasteiger charge is 2.27. The molecule has 0 fully saturated rings. The van der Waals surface area contributed by atoms with E-state index in [4.69, 9.17) is 18.9 Å². The quantitative estimate of drug-likeness (QED) is 0.930. The van der Waals surface area contributed by atoms with Gasteiger partial charge in [-0.1, -0.05) is 0 Å². The summed E-state index contributed by atoms with van der Waals surface area (Å²) in [6.45, 7) is 4.23. The van der Waals surface area contributed by atoms with E-state index < -0.39 is 0 Å². The van der Waals surface area contributed by atoms with Gasteiger partial charge in [-0.05, 0) is 59.9 Å². The zero-order valence-corrected chi connectivity index (χ0v) is 14.8. The van der Waals surface area contributed by atoms with Crippen LogP contribution in [0.5, 0.6) is 23.0 Å². The molecule has 2 heterocycles. The molecule has 5 nitrogen and oxygen atoms in total. The molecule has 0 spiro atoms. The SMILES string of the molecule is COc1cc(C)c(C2NCCc3cc4c(cc32)OCCO4)cc1OC. The molecule has 132 valence electrons. The fraction of sp³-hybridized carbons (Fsp3) is 0.400. The van der Waals surface area contributed by atoms with E-state index in [1.807, 2.05) is 6.07 Å². The van der Waals surface area contributed by atoms with Gasteiger partial charge in [0.15, 0.2) is 23.0 Å². The fourth-order valence-corrected chi connectivity index (χ4v) is 3.68. The van der Waals surface area contributed by atoms with Crippen molar-refractivity contribution in [1.82, 2.24) is 5.32 Å². The number of ether oxygens (including phenoxy) is 4. The van der Waals surface area contributed by atoms with Crippen molar-refractivity contribution < 1.29 is 18.9 Å². The number of fused-ring (bicyclic) bond motifs is 2. The molecule has 0 amide bonds. The zero-order valence-electron chi connectivity index (χ0n) is 14.8. The van der Waals surface area contributed by atoms with Crippen LogP contribution in [0.15, 0.2) is 24.3 Å². The highest BCUT2D eigenvalue weighted by Crippen LogP contribution is 2.41. The number of aryl methyl sites for hydroxylation is 1. The summed E-state index contributed by atoms with van der Waals surface area (Å²) in [6.07, 6.45) is 0.981. The second-order valence-corrected chi connectivity index (χ2v) is 6.40. The normalized spacial score (nSPS) is 18.4. The van der Waals surface area contributed by atoms with Gasteiger partial charge in [0.2, 0.25) is 0 Å². The Balaban J connectivity index is 1.81. The third-order valence-electron chi connectivity index (χ3n) is 4.94. The number of benzene rings is 2. The van der Waals surface area contributed by atoms with Crippen LogP contribution in [0.3, 0.4) is 0 Å². The highest BCUT2D eigenvalue weighted by molar-refractivity contribution is 5.55. The maximum Gasteiger partial charge on any atom is 0.161 e. The first-order chi connectivity index (χ1) is 12.2. The summed E-state index contributed by atoms with van der Waals surface area (Å²) >= 11 is 0. The van der Waals surface area contributed by atoms with E-state index >= 15 is 0 Å². The lowest BCUT2D eigenvalue weighted by Gasteiger charge is -2.31. The van der Waals surface area contributed by atoms with Gasteiger partial charge in [0.25, 0.3) is 0 Å². The van der Waals surface area contributed by atoms with Gasteiger partial charge >= 0.3 is 0 Å². The van der Waals surface area contributed by atoms with Gasteiger partial charge in [-0.3, -0.25) is 0 Å². The van der Waals surface area contributed by atoms with Crippen LogP contribution in [0.2, 0.25) is 0 Å². The molecule has 1 N–H and O–H groups in total. The van der Waals surface area contributed by atoms with Gasteiger partial charge in [0.1, 0.15) is 13.2 Å². The van der Waals surface area contributed by atoms with Gasteiger partial charge in [0, 0.05) is 6.54 Å². The molecule has 1 unspecified atom stereocenters. The first-order valence-corrected chi connectivity index (χ1v) is 8.59. The number of rotatable bonds is 3. The molecule has 1 atom stereocenters. The molecule has 2 aromatic rings. The maximum atomic E-state index is 5.79. The van der Waals surface area contributed by atoms with Crippen molar-refractivity contribution in [3.05, 3.63) is 46.5 Å². The zero-order chi connectivity index (χ0) is 17.4. The van der Waals surface area contributed by atoms with Crippen molar-refractivity contribution in [1.29, 1.82) is 0 Å². The van der Waals surface area contributed by atoms with Crippen LogP contribution < -0.4 is 24.3 Å². The Labute approximate surface area is 147 Å². The Hall–Kier alpha value is -2.40. The van der Waals surface area contributed by atoms with Crippen molar-refractivity contribution in [2.75, 3.05) is 34.0 Å². The van der Waals surface area contributed by atoms with Crippen molar-refractivity contribution >= 4 is 0 Å². The number of hydrogen-bond donors (Lipinski definition) is 1. The monoisotopic (exact) mass is 341 g/mol. The molecule has 0 aromatic heterocycles. The van der Waals surface area contributed by atoms with Crippen molar-refractivity contribution in [2.45, 2.75) is 19.4 Å². The maximum absolute atomic E-state index is 5.79. The first-order valence-electron chi connectivity index (χ1n) is 8.59. The average molecular weight is 341 g/mol. The van der Waals surface area contributed by atoms with E-state index in [1.54, 1.807) is 14.2 Å². The minimum atomic E-state index is 0.0967.